The number of fused-ring (bicyclic) bond motifs is 1. The third-order valence-corrected chi connectivity index (χ3v) is 4.34. The van der Waals surface area contributed by atoms with Gasteiger partial charge in [0.2, 0.25) is 0 Å². The average Bonchev–Trinajstić information content (AvgIpc) is 3.25. The first kappa shape index (κ1) is 14.7. The van der Waals surface area contributed by atoms with Crippen LogP contribution < -0.4 is 4.74 Å². The Bertz CT molecular complexity index is 852. The Morgan fingerprint density at radius 3 is 2.79 bits per heavy atom. The zero-order chi connectivity index (χ0) is 16.4. The van der Waals surface area contributed by atoms with E-state index < -0.39 is 5.41 Å². The number of ether oxygens (including phenoxy) is 2. The minimum atomic E-state index is -0.528. The number of para-hydroxylation sites is 1. The van der Waals surface area contributed by atoms with Gasteiger partial charge >= 0.3 is 5.97 Å². The van der Waals surface area contributed by atoms with Crippen LogP contribution in [0.5, 0.6) is 5.75 Å². The molecule has 2 aromatic heterocycles. The van der Waals surface area contributed by atoms with E-state index >= 15 is 0 Å². The first-order valence-corrected chi connectivity index (χ1v) is 7.93. The molecule has 0 spiro atoms. The molecular weight excluding hydrogens is 306 g/mol. The van der Waals surface area contributed by atoms with Crippen molar-refractivity contribution < 1.29 is 14.3 Å². The Labute approximate surface area is 138 Å². The zero-order valence-electron chi connectivity index (χ0n) is 13.1. The summed E-state index contributed by atoms with van der Waals surface area (Å²) in [5.74, 6) is 0.529. The van der Waals surface area contributed by atoms with E-state index in [1.807, 2.05) is 36.4 Å². The van der Waals surface area contributed by atoms with E-state index in [2.05, 4.69) is 15.2 Å². The number of esters is 1. The molecule has 0 aliphatic heterocycles. The van der Waals surface area contributed by atoms with Gasteiger partial charge in [-0.1, -0.05) is 12.1 Å². The number of pyridine rings is 1. The Balaban J connectivity index is 1.34. The van der Waals surface area contributed by atoms with Crippen molar-refractivity contribution in [2.75, 3.05) is 13.2 Å². The van der Waals surface area contributed by atoms with Crippen molar-refractivity contribution in [2.24, 2.45) is 0 Å². The van der Waals surface area contributed by atoms with Crippen LogP contribution in [0.25, 0.3) is 10.9 Å². The number of carbonyl (C=O) groups is 1. The molecule has 0 atom stereocenters. The maximum atomic E-state index is 12.3. The number of hydrogen-bond donors (Lipinski definition) is 1. The number of carbonyl (C=O) groups excluding carboxylic acids is 1. The van der Waals surface area contributed by atoms with Gasteiger partial charge in [0.25, 0.3) is 0 Å². The van der Waals surface area contributed by atoms with Gasteiger partial charge in [-0.25, -0.2) is 0 Å². The lowest BCUT2D eigenvalue weighted by Gasteiger charge is -2.13. The first-order chi connectivity index (χ1) is 11.8. The maximum Gasteiger partial charge on any atom is 0.318 e. The normalized spacial score (nSPS) is 15.2. The van der Waals surface area contributed by atoms with Crippen LogP contribution in [0.2, 0.25) is 0 Å². The molecule has 0 bridgehead atoms. The molecule has 1 saturated carbocycles. The highest BCUT2D eigenvalue weighted by atomic mass is 16.6. The molecular formula is C18H17N3O3. The Hall–Kier alpha value is -2.89. The summed E-state index contributed by atoms with van der Waals surface area (Å²) >= 11 is 0. The predicted molar refractivity (Wildman–Crippen MR) is 87.7 cm³/mol. The molecule has 2 heterocycles. The molecule has 6 heteroatoms. The third-order valence-electron chi connectivity index (χ3n) is 4.34. The summed E-state index contributed by atoms with van der Waals surface area (Å²) in [7, 11) is 0. The summed E-state index contributed by atoms with van der Waals surface area (Å²) in [4.78, 5) is 16.6. The van der Waals surface area contributed by atoms with E-state index in [-0.39, 0.29) is 12.6 Å². The third kappa shape index (κ3) is 2.60. The number of hydrogen-bond acceptors (Lipinski definition) is 5. The van der Waals surface area contributed by atoms with E-state index in [1.54, 1.807) is 12.4 Å². The largest absolute Gasteiger partial charge is 0.489 e. The minimum absolute atomic E-state index is 0.213. The molecule has 1 aliphatic carbocycles. The SMILES string of the molecule is O=C(OCCOc1ccnc2ccccc12)C1(c2ccn[nH]2)CC1. The Morgan fingerprint density at radius 1 is 1.12 bits per heavy atom. The molecule has 122 valence electrons. The van der Waals surface area contributed by atoms with Gasteiger partial charge in [-0.2, -0.15) is 5.10 Å². The molecule has 1 aliphatic rings. The zero-order valence-corrected chi connectivity index (χ0v) is 13.1. The monoisotopic (exact) mass is 323 g/mol. The van der Waals surface area contributed by atoms with Crippen LogP contribution in [0.15, 0.2) is 48.8 Å². The van der Waals surface area contributed by atoms with Gasteiger partial charge in [-0.05, 0) is 37.1 Å². The molecule has 3 aromatic rings. The van der Waals surface area contributed by atoms with E-state index in [4.69, 9.17) is 9.47 Å². The fraction of sp³-hybridized carbons (Fsp3) is 0.278. The second kappa shape index (κ2) is 5.96. The maximum absolute atomic E-state index is 12.3. The first-order valence-electron chi connectivity index (χ1n) is 7.93. The molecule has 1 N–H and O–H groups in total. The quantitative estimate of drug-likeness (QED) is 0.557. The number of benzene rings is 1. The number of H-pyrrole nitrogens is 1. The number of aromatic nitrogens is 3. The summed E-state index contributed by atoms with van der Waals surface area (Å²) in [6.07, 6.45) is 4.95. The topological polar surface area (TPSA) is 77.1 Å². The molecule has 4 rings (SSSR count). The van der Waals surface area contributed by atoms with Crippen LogP contribution in [0.4, 0.5) is 0 Å². The predicted octanol–water partition coefficient (Wildman–Crippen LogP) is 2.61. The highest BCUT2D eigenvalue weighted by Crippen LogP contribution is 2.48. The Kier molecular flexibility index (Phi) is 3.65. The summed E-state index contributed by atoms with van der Waals surface area (Å²) in [5, 5.41) is 7.73. The van der Waals surface area contributed by atoms with Gasteiger partial charge in [0, 0.05) is 17.8 Å². The lowest BCUT2D eigenvalue weighted by atomic mass is 10.0. The van der Waals surface area contributed by atoms with Crippen LogP contribution in [-0.2, 0) is 14.9 Å². The van der Waals surface area contributed by atoms with Crippen molar-refractivity contribution >= 4 is 16.9 Å². The standard InChI is InChI=1S/C18H17N3O3/c22-17(18(7-8-18)16-6-10-20-21-16)24-12-11-23-15-5-9-19-14-4-2-1-3-13(14)15/h1-6,9-10H,7-8,11-12H2,(H,20,21). The van der Waals surface area contributed by atoms with Crippen molar-refractivity contribution in [3.05, 3.63) is 54.5 Å². The van der Waals surface area contributed by atoms with Gasteiger partial charge in [0.05, 0.1) is 11.2 Å². The summed E-state index contributed by atoms with van der Waals surface area (Å²) < 4.78 is 11.2. The molecule has 0 amide bonds. The molecule has 0 unspecified atom stereocenters. The van der Waals surface area contributed by atoms with E-state index in [1.165, 1.54) is 0 Å². The summed E-state index contributed by atoms with van der Waals surface area (Å²) in [5.41, 5.74) is 1.18. The van der Waals surface area contributed by atoms with E-state index in [9.17, 15) is 4.79 Å². The second-order valence-electron chi connectivity index (χ2n) is 5.86. The number of rotatable bonds is 6. The van der Waals surface area contributed by atoms with Crippen molar-refractivity contribution in [3.63, 3.8) is 0 Å². The van der Waals surface area contributed by atoms with Gasteiger partial charge in [0.15, 0.2) is 0 Å². The van der Waals surface area contributed by atoms with Crippen molar-refractivity contribution in [3.8, 4) is 5.75 Å². The summed E-state index contributed by atoms with van der Waals surface area (Å²) in [6, 6.07) is 11.4. The van der Waals surface area contributed by atoms with Crippen molar-refractivity contribution in [1.82, 2.24) is 15.2 Å². The average molecular weight is 323 g/mol. The van der Waals surface area contributed by atoms with Crippen LogP contribution in [-0.4, -0.2) is 34.4 Å². The van der Waals surface area contributed by atoms with E-state index in [0.717, 1.165) is 35.2 Å². The fourth-order valence-corrected chi connectivity index (χ4v) is 2.85. The number of aromatic amines is 1. The number of nitrogens with zero attached hydrogens (tertiary/aromatic N) is 2. The molecule has 6 nitrogen and oxygen atoms in total. The van der Waals surface area contributed by atoms with Gasteiger partial charge < -0.3 is 9.47 Å². The smallest absolute Gasteiger partial charge is 0.318 e. The molecule has 24 heavy (non-hydrogen) atoms. The highest BCUT2D eigenvalue weighted by Gasteiger charge is 2.54. The molecule has 1 fully saturated rings. The lowest BCUT2D eigenvalue weighted by Crippen LogP contribution is -2.25. The summed E-state index contributed by atoms with van der Waals surface area (Å²) in [6.45, 7) is 0.518. The fourth-order valence-electron chi connectivity index (χ4n) is 2.85. The van der Waals surface area contributed by atoms with Crippen molar-refractivity contribution in [1.29, 1.82) is 0 Å². The van der Waals surface area contributed by atoms with Gasteiger partial charge in [-0.3, -0.25) is 14.9 Å². The highest BCUT2D eigenvalue weighted by molar-refractivity contribution is 5.86. The van der Waals surface area contributed by atoms with Crippen molar-refractivity contribution in [2.45, 2.75) is 18.3 Å². The molecule has 1 aromatic carbocycles. The Morgan fingerprint density at radius 2 is 2.00 bits per heavy atom. The molecule has 0 radical (unpaired) electrons. The van der Waals surface area contributed by atoms with Crippen LogP contribution >= 0.6 is 0 Å². The van der Waals surface area contributed by atoms with Gasteiger partial charge in [0.1, 0.15) is 24.4 Å². The second-order valence-corrected chi connectivity index (χ2v) is 5.86. The van der Waals surface area contributed by atoms with Crippen LogP contribution in [0, 0.1) is 0 Å². The molecule has 0 saturated heterocycles. The minimum Gasteiger partial charge on any atom is -0.489 e. The lowest BCUT2D eigenvalue weighted by molar-refractivity contribution is -0.147. The van der Waals surface area contributed by atoms with Crippen LogP contribution in [0.1, 0.15) is 18.5 Å². The van der Waals surface area contributed by atoms with Crippen LogP contribution in [0.3, 0.4) is 0 Å². The van der Waals surface area contributed by atoms with Gasteiger partial charge in [-0.15, -0.1) is 0 Å². The number of nitrogens with one attached hydrogen (secondary N) is 1. The van der Waals surface area contributed by atoms with E-state index in [0.29, 0.717) is 6.61 Å².